The normalized spacial score (nSPS) is 10.5. The van der Waals surface area contributed by atoms with E-state index >= 15 is 0 Å². The van der Waals surface area contributed by atoms with Crippen LogP contribution in [-0.2, 0) is 9.59 Å². The smallest absolute Gasteiger partial charge is 0.303 e. The first-order valence-corrected chi connectivity index (χ1v) is 10.8. The number of carboxylic acid groups (broad SMARTS) is 2. The Hall–Kier alpha value is -4.86. The molecule has 6 aromatic rings. The molecule has 0 spiro atoms. The number of fused-ring (bicyclic) bond motifs is 6. The van der Waals surface area contributed by atoms with Gasteiger partial charge in [-0.1, -0.05) is 59.0 Å². The fraction of sp³-hybridized carbons (Fsp3) is 0.120. The molecule has 4 heterocycles. The third-order valence-corrected chi connectivity index (χ3v) is 5.13. The fourth-order valence-electron chi connectivity index (χ4n) is 3.47. The van der Waals surface area contributed by atoms with Gasteiger partial charge >= 0.3 is 11.9 Å². The molecule has 0 atom stereocenters. The Morgan fingerprint density at radius 2 is 1.06 bits per heavy atom. The molecular formula is C25H22N6O4. The first-order chi connectivity index (χ1) is 17.0. The number of pyridine rings is 2. The zero-order chi connectivity index (χ0) is 24.6. The summed E-state index contributed by atoms with van der Waals surface area (Å²) in [6.45, 7) is 0. The summed E-state index contributed by atoms with van der Waals surface area (Å²) in [4.78, 5) is 19.6. The maximum absolute atomic E-state index is 9.79. The van der Waals surface area contributed by atoms with Gasteiger partial charge in [0.15, 0.2) is 0 Å². The average molecular weight is 470 g/mol. The summed E-state index contributed by atoms with van der Waals surface area (Å²) in [6.07, 6.45) is 3.60. The lowest BCUT2D eigenvalue weighted by molar-refractivity contribution is -0.138. The second-order valence-corrected chi connectivity index (χ2v) is 7.57. The van der Waals surface area contributed by atoms with E-state index in [1.807, 2.05) is 57.6 Å². The topological polar surface area (TPSA) is 135 Å². The summed E-state index contributed by atoms with van der Waals surface area (Å²) in [5.74, 6) is -1.90. The first kappa shape index (κ1) is 23.3. The van der Waals surface area contributed by atoms with Crippen LogP contribution in [0, 0.1) is 0 Å². The quantitative estimate of drug-likeness (QED) is 0.393. The molecule has 0 bridgehead atoms. The summed E-state index contributed by atoms with van der Waals surface area (Å²) in [5, 5.41) is 34.2. The van der Waals surface area contributed by atoms with Gasteiger partial charge in [0.25, 0.3) is 0 Å². The van der Waals surface area contributed by atoms with Crippen LogP contribution in [0.4, 0.5) is 0 Å². The van der Waals surface area contributed by atoms with Gasteiger partial charge in [-0.25, -0.2) is 9.03 Å². The maximum atomic E-state index is 9.79. The van der Waals surface area contributed by atoms with Crippen molar-refractivity contribution in [3.8, 4) is 0 Å². The Morgan fingerprint density at radius 3 is 1.49 bits per heavy atom. The van der Waals surface area contributed by atoms with E-state index in [1.54, 1.807) is 12.4 Å². The van der Waals surface area contributed by atoms with E-state index in [1.165, 1.54) is 10.8 Å². The summed E-state index contributed by atoms with van der Waals surface area (Å²) >= 11 is 0. The highest BCUT2D eigenvalue weighted by molar-refractivity contribution is 5.82. The highest BCUT2D eigenvalue weighted by Crippen LogP contribution is 2.15. The minimum absolute atomic E-state index is 0.0632. The van der Waals surface area contributed by atoms with Gasteiger partial charge in [-0.2, -0.15) is 0 Å². The van der Waals surface area contributed by atoms with E-state index in [0.29, 0.717) is 0 Å². The molecule has 10 heteroatoms. The molecule has 10 nitrogen and oxygen atoms in total. The second-order valence-electron chi connectivity index (χ2n) is 7.57. The van der Waals surface area contributed by atoms with Crippen molar-refractivity contribution in [1.29, 1.82) is 0 Å². The molecule has 0 radical (unpaired) electrons. The van der Waals surface area contributed by atoms with Crippen molar-refractivity contribution in [2.24, 2.45) is 0 Å². The maximum Gasteiger partial charge on any atom is 0.303 e. The Morgan fingerprint density at radius 1 is 0.629 bits per heavy atom. The molecule has 0 unspecified atom stereocenters. The monoisotopic (exact) mass is 470 g/mol. The van der Waals surface area contributed by atoms with Crippen molar-refractivity contribution in [2.45, 2.75) is 19.3 Å². The van der Waals surface area contributed by atoms with Gasteiger partial charge in [0, 0.05) is 23.6 Å². The number of hydrogen-bond acceptors (Lipinski definition) is 6. The number of aliphatic carboxylic acids is 2. The molecule has 0 aliphatic carbocycles. The molecule has 0 aliphatic rings. The number of hydrogen-bond donors (Lipinski definition) is 2. The van der Waals surface area contributed by atoms with E-state index < -0.39 is 11.9 Å². The Balaban J connectivity index is 0.000000127. The van der Waals surface area contributed by atoms with Gasteiger partial charge in [-0.3, -0.25) is 9.59 Å². The van der Waals surface area contributed by atoms with E-state index in [9.17, 15) is 9.59 Å². The molecule has 176 valence electrons. The molecular weight excluding hydrogens is 448 g/mol. The van der Waals surface area contributed by atoms with Gasteiger partial charge in [0.05, 0.1) is 34.5 Å². The minimum atomic E-state index is -0.948. The van der Waals surface area contributed by atoms with Crippen LogP contribution in [0.3, 0.4) is 0 Å². The summed E-state index contributed by atoms with van der Waals surface area (Å²) in [7, 11) is 0. The van der Waals surface area contributed by atoms with Crippen LogP contribution < -0.4 is 0 Å². The van der Waals surface area contributed by atoms with E-state index in [4.69, 9.17) is 10.2 Å². The zero-order valence-electron chi connectivity index (χ0n) is 18.6. The molecule has 2 N–H and O–H groups in total. The van der Waals surface area contributed by atoms with Crippen molar-refractivity contribution in [3.63, 3.8) is 0 Å². The highest BCUT2D eigenvalue weighted by atomic mass is 16.4. The number of nitrogens with zero attached hydrogens (tertiary/aromatic N) is 6. The van der Waals surface area contributed by atoms with E-state index in [-0.39, 0.29) is 19.3 Å². The molecule has 0 saturated carbocycles. The van der Waals surface area contributed by atoms with Crippen LogP contribution in [0.2, 0.25) is 0 Å². The van der Waals surface area contributed by atoms with Gasteiger partial charge in [-0.15, -0.1) is 10.2 Å². The van der Waals surface area contributed by atoms with Crippen molar-refractivity contribution >= 4 is 44.8 Å². The van der Waals surface area contributed by atoms with Crippen LogP contribution in [0.15, 0.2) is 85.2 Å². The lowest BCUT2D eigenvalue weighted by Crippen LogP contribution is -1.98. The highest BCUT2D eigenvalue weighted by Gasteiger charge is 2.01. The van der Waals surface area contributed by atoms with Crippen molar-refractivity contribution in [2.75, 3.05) is 0 Å². The Bertz CT molecular complexity index is 1490. The summed E-state index contributed by atoms with van der Waals surface area (Å²) in [5.41, 5.74) is 4.24. The number of aromatic nitrogens is 6. The molecule has 0 fully saturated rings. The fourth-order valence-corrected chi connectivity index (χ4v) is 3.47. The predicted octanol–water partition coefficient (Wildman–Crippen LogP) is 4.09. The summed E-state index contributed by atoms with van der Waals surface area (Å²) < 4.78 is 3.69. The van der Waals surface area contributed by atoms with Crippen molar-refractivity contribution in [1.82, 2.24) is 29.7 Å². The summed E-state index contributed by atoms with van der Waals surface area (Å²) in [6, 6.07) is 24.4. The van der Waals surface area contributed by atoms with Crippen molar-refractivity contribution < 1.29 is 19.8 Å². The molecule has 4 aromatic heterocycles. The average Bonchev–Trinajstić information content (AvgIpc) is 3.54. The SMILES string of the molecule is O=C(O)CCCC(=O)O.c1ccc2c(c1)ccc1cnnn12.c1ccc2c(c1)ccc1cnnn12. The first-order valence-electron chi connectivity index (χ1n) is 10.8. The van der Waals surface area contributed by atoms with Crippen molar-refractivity contribution in [3.05, 3.63) is 85.2 Å². The molecule has 6 rings (SSSR count). The standard InChI is InChI=1S/2C10H7N3.C5H8O4/c2*1-2-4-10-8(3-1)5-6-9-7-11-12-13(9)10;6-4(7)2-1-3-5(8)9/h2*1-7H;1-3H2,(H,6,7)(H,8,9). The molecule has 0 amide bonds. The number of carbonyl (C=O) groups is 2. The minimum Gasteiger partial charge on any atom is -0.481 e. The largest absolute Gasteiger partial charge is 0.481 e. The third-order valence-electron chi connectivity index (χ3n) is 5.13. The van der Waals surface area contributed by atoms with Crippen LogP contribution in [0.5, 0.6) is 0 Å². The second kappa shape index (κ2) is 10.8. The molecule has 0 saturated heterocycles. The molecule has 2 aromatic carbocycles. The lowest BCUT2D eigenvalue weighted by atomic mass is 10.2. The van der Waals surface area contributed by atoms with E-state index in [0.717, 1.165) is 22.1 Å². The third kappa shape index (κ3) is 5.74. The lowest BCUT2D eigenvalue weighted by Gasteiger charge is -1.98. The molecule has 0 aliphatic heterocycles. The van der Waals surface area contributed by atoms with Gasteiger partial charge < -0.3 is 10.2 Å². The van der Waals surface area contributed by atoms with Gasteiger partial charge in [0.2, 0.25) is 0 Å². The van der Waals surface area contributed by atoms with Crippen LogP contribution in [0.1, 0.15) is 19.3 Å². The molecule has 35 heavy (non-hydrogen) atoms. The Kier molecular flexibility index (Phi) is 7.22. The zero-order valence-corrected chi connectivity index (χ0v) is 18.6. The van der Waals surface area contributed by atoms with Gasteiger partial charge in [0.1, 0.15) is 0 Å². The number of para-hydroxylation sites is 2. The van der Waals surface area contributed by atoms with Crippen LogP contribution >= 0.6 is 0 Å². The Labute approximate surface area is 199 Å². The van der Waals surface area contributed by atoms with Crippen LogP contribution in [0.25, 0.3) is 32.8 Å². The van der Waals surface area contributed by atoms with Crippen LogP contribution in [-0.4, -0.2) is 51.8 Å². The van der Waals surface area contributed by atoms with Gasteiger partial charge in [-0.05, 0) is 30.7 Å². The number of carboxylic acids is 2. The predicted molar refractivity (Wildman–Crippen MR) is 130 cm³/mol. The number of benzene rings is 2. The van der Waals surface area contributed by atoms with E-state index in [2.05, 4.69) is 44.9 Å². The number of rotatable bonds is 4.